The Hall–Kier alpha value is -0.860. The molecule has 1 unspecified atom stereocenters. The lowest BCUT2D eigenvalue weighted by Gasteiger charge is -2.46. The number of methoxy groups -OCH3 is 1. The molecule has 0 saturated heterocycles. The molecule has 0 amide bonds. The lowest BCUT2D eigenvalue weighted by molar-refractivity contribution is 0.144. The van der Waals surface area contributed by atoms with Crippen LogP contribution in [-0.2, 0) is 10.2 Å². The van der Waals surface area contributed by atoms with Crippen LogP contribution in [0.4, 0.5) is 0 Å². The van der Waals surface area contributed by atoms with Crippen LogP contribution in [0.25, 0.3) is 0 Å². The molecule has 1 atom stereocenters. The van der Waals surface area contributed by atoms with Gasteiger partial charge in [-0.15, -0.1) is 0 Å². The van der Waals surface area contributed by atoms with Gasteiger partial charge in [0.15, 0.2) is 0 Å². The molecule has 1 N–H and O–H groups in total. The topological polar surface area (TPSA) is 21.3 Å². The van der Waals surface area contributed by atoms with Crippen molar-refractivity contribution in [3.05, 3.63) is 35.9 Å². The van der Waals surface area contributed by atoms with Crippen LogP contribution in [-0.4, -0.2) is 26.8 Å². The summed E-state index contributed by atoms with van der Waals surface area (Å²) in [4.78, 5) is 0. The van der Waals surface area contributed by atoms with Gasteiger partial charge in [0.2, 0.25) is 0 Å². The summed E-state index contributed by atoms with van der Waals surface area (Å²) < 4.78 is 5.13. The highest BCUT2D eigenvalue weighted by Crippen LogP contribution is 2.46. The third-order valence-electron chi connectivity index (χ3n) is 4.79. The van der Waals surface area contributed by atoms with E-state index in [-0.39, 0.29) is 0 Å². The summed E-state index contributed by atoms with van der Waals surface area (Å²) in [6, 6.07) is 11.1. The predicted molar refractivity (Wildman–Crippen MR) is 80.5 cm³/mol. The second kappa shape index (κ2) is 7.06. The van der Waals surface area contributed by atoms with E-state index >= 15 is 0 Å². The molecule has 106 valence electrons. The van der Waals surface area contributed by atoms with Gasteiger partial charge < -0.3 is 10.1 Å². The Kier molecular flexibility index (Phi) is 5.41. The summed E-state index contributed by atoms with van der Waals surface area (Å²) in [7, 11) is 1.76. The Labute approximate surface area is 117 Å². The maximum atomic E-state index is 5.13. The summed E-state index contributed by atoms with van der Waals surface area (Å²) in [6.45, 7) is 5.14. The van der Waals surface area contributed by atoms with Crippen LogP contribution in [0.15, 0.2) is 30.3 Å². The van der Waals surface area contributed by atoms with E-state index in [0.29, 0.717) is 5.41 Å². The highest BCUT2D eigenvalue weighted by molar-refractivity contribution is 5.28. The van der Waals surface area contributed by atoms with E-state index in [2.05, 4.69) is 42.6 Å². The minimum absolute atomic E-state index is 0.313. The maximum absolute atomic E-state index is 5.13. The van der Waals surface area contributed by atoms with Gasteiger partial charge in [-0.25, -0.2) is 0 Å². The average molecular weight is 261 g/mol. The molecule has 0 heterocycles. The number of ether oxygens (including phenoxy) is 1. The Balaban J connectivity index is 2.11. The van der Waals surface area contributed by atoms with Crippen molar-refractivity contribution in [2.45, 2.75) is 38.0 Å². The standard InChI is InChI=1S/C17H27NO/c1-3-17(16-10-7-11-16,14-18-12-13-19-2)15-8-5-4-6-9-15/h4-6,8-9,16,18H,3,7,10-14H2,1-2H3. The van der Waals surface area contributed by atoms with Crippen LogP contribution in [0.5, 0.6) is 0 Å². The van der Waals surface area contributed by atoms with Crippen molar-refractivity contribution in [2.75, 3.05) is 26.8 Å². The molecule has 2 rings (SSSR count). The van der Waals surface area contributed by atoms with Crippen molar-refractivity contribution in [2.24, 2.45) is 5.92 Å². The third kappa shape index (κ3) is 3.18. The summed E-state index contributed by atoms with van der Waals surface area (Å²) >= 11 is 0. The zero-order valence-corrected chi connectivity index (χ0v) is 12.3. The summed E-state index contributed by atoms with van der Waals surface area (Å²) in [5.74, 6) is 0.843. The van der Waals surface area contributed by atoms with Gasteiger partial charge in [0.25, 0.3) is 0 Å². The molecule has 1 aliphatic rings. The molecule has 1 aromatic rings. The Morgan fingerprint density at radius 2 is 2.00 bits per heavy atom. The van der Waals surface area contributed by atoms with E-state index < -0.39 is 0 Å². The second-order valence-corrected chi connectivity index (χ2v) is 5.67. The average Bonchev–Trinajstić information content (AvgIpc) is 2.41. The van der Waals surface area contributed by atoms with Crippen LogP contribution >= 0.6 is 0 Å². The van der Waals surface area contributed by atoms with Crippen LogP contribution in [0.2, 0.25) is 0 Å². The molecule has 0 radical (unpaired) electrons. The van der Waals surface area contributed by atoms with Gasteiger partial charge in [-0.05, 0) is 30.7 Å². The van der Waals surface area contributed by atoms with E-state index in [4.69, 9.17) is 4.74 Å². The minimum atomic E-state index is 0.313. The molecule has 1 fully saturated rings. The van der Waals surface area contributed by atoms with E-state index in [1.807, 2.05) is 0 Å². The van der Waals surface area contributed by atoms with Gasteiger partial charge >= 0.3 is 0 Å². The quantitative estimate of drug-likeness (QED) is 0.724. The van der Waals surface area contributed by atoms with Crippen LogP contribution in [0.3, 0.4) is 0 Å². The predicted octanol–water partition coefficient (Wildman–Crippen LogP) is 3.37. The summed E-state index contributed by atoms with van der Waals surface area (Å²) in [5, 5.41) is 3.60. The van der Waals surface area contributed by atoms with Gasteiger partial charge in [0.05, 0.1) is 6.61 Å². The molecule has 0 aromatic heterocycles. The zero-order valence-electron chi connectivity index (χ0n) is 12.3. The Bertz CT molecular complexity index is 361. The number of nitrogens with one attached hydrogen (secondary N) is 1. The number of rotatable bonds is 8. The first-order valence-electron chi connectivity index (χ1n) is 7.58. The summed E-state index contributed by atoms with van der Waals surface area (Å²) in [5.41, 5.74) is 1.82. The number of benzene rings is 1. The van der Waals surface area contributed by atoms with Gasteiger partial charge in [0, 0.05) is 25.6 Å². The molecule has 0 aliphatic heterocycles. The third-order valence-corrected chi connectivity index (χ3v) is 4.79. The normalized spacial score (nSPS) is 18.8. The van der Waals surface area contributed by atoms with Gasteiger partial charge in [0.1, 0.15) is 0 Å². The molecular formula is C17H27NO. The molecule has 1 saturated carbocycles. The highest BCUT2D eigenvalue weighted by Gasteiger charge is 2.41. The number of hydrogen-bond acceptors (Lipinski definition) is 2. The van der Waals surface area contributed by atoms with Crippen molar-refractivity contribution < 1.29 is 4.74 Å². The first kappa shape index (κ1) is 14.5. The molecular weight excluding hydrogens is 234 g/mol. The fourth-order valence-electron chi connectivity index (χ4n) is 3.32. The van der Waals surface area contributed by atoms with Crippen molar-refractivity contribution in [3.8, 4) is 0 Å². The van der Waals surface area contributed by atoms with Crippen molar-refractivity contribution >= 4 is 0 Å². The molecule has 0 spiro atoms. The molecule has 1 aromatic carbocycles. The lowest BCUT2D eigenvalue weighted by Crippen LogP contribution is -2.47. The van der Waals surface area contributed by atoms with Crippen LogP contribution in [0.1, 0.15) is 38.2 Å². The van der Waals surface area contributed by atoms with Gasteiger partial charge in [-0.3, -0.25) is 0 Å². The van der Waals surface area contributed by atoms with E-state index in [9.17, 15) is 0 Å². The molecule has 19 heavy (non-hydrogen) atoms. The lowest BCUT2D eigenvalue weighted by atomic mass is 9.60. The maximum Gasteiger partial charge on any atom is 0.0587 e. The Morgan fingerprint density at radius 1 is 1.26 bits per heavy atom. The molecule has 2 nitrogen and oxygen atoms in total. The van der Waals surface area contributed by atoms with Crippen molar-refractivity contribution in [1.29, 1.82) is 0 Å². The largest absolute Gasteiger partial charge is 0.383 e. The fourth-order valence-corrected chi connectivity index (χ4v) is 3.32. The van der Waals surface area contributed by atoms with Crippen LogP contribution < -0.4 is 5.32 Å². The minimum Gasteiger partial charge on any atom is -0.383 e. The van der Waals surface area contributed by atoms with Gasteiger partial charge in [-0.2, -0.15) is 0 Å². The van der Waals surface area contributed by atoms with Crippen molar-refractivity contribution in [1.82, 2.24) is 5.32 Å². The van der Waals surface area contributed by atoms with E-state index in [0.717, 1.165) is 25.6 Å². The highest BCUT2D eigenvalue weighted by atomic mass is 16.5. The SMILES string of the molecule is CCC(CNCCOC)(c1ccccc1)C1CCC1. The van der Waals surface area contributed by atoms with Crippen molar-refractivity contribution in [3.63, 3.8) is 0 Å². The molecule has 2 heteroatoms. The first-order valence-corrected chi connectivity index (χ1v) is 7.58. The number of hydrogen-bond donors (Lipinski definition) is 1. The van der Waals surface area contributed by atoms with Crippen LogP contribution in [0, 0.1) is 5.92 Å². The van der Waals surface area contributed by atoms with E-state index in [1.54, 1.807) is 7.11 Å². The zero-order chi connectivity index (χ0) is 13.6. The smallest absolute Gasteiger partial charge is 0.0587 e. The monoisotopic (exact) mass is 261 g/mol. The van der Waals surface area contributed by atoms with E-state index in [1.165, 1.54) is 31.2 Å². The van der Waals surface area contributed by atoms with Gasteiger partial charge in [-0.1, -0.05) is 43.7 Å². The second-order valence-electron chi connectivity index (χ2n) is 5.67. The molecule has 1 aliphatic carbocycles. The molecule has 0 bridgehead atoms. The Morgan fingerprint density at radius 3 is 2.53 bits per heavy atom. The summed E-state index contributed by atoms with van der Waals surface area (Å²) in [6.07, 6.45) is 5.38. The first-order chi connectivity index (χ1) is 9.33. The fraction of sp³-hybridized carbons (Fsp3) is 0.647.